The van der Waals surface area contributed by atoms with Gasteiger partial charge in [0.15, 0.2) is 0 Å². The Morgan fingerprint density at radius 3 is 2.32 bits per heavy atom. The third-order valence-corrected chi connectivity index (χ3v) is 3.03. The van der Waals surface area contributed by atoms with Gasteiger partial charge in [0.05, 0.1) is 13.1 Å². The van der Waals surface area contributed by atoms with Crippen molar-refractivity contribution in [2.75, 3.05) is 26.2 Å². The normalized spacial score (nSPS) is 10.3. The quantitative estimate of drug-likeness (QED) is 0.671. The topological polar surface area (TPSA) is 61.4 Å². The van der Waals surface area contributed by atoms with Crippen LogP contribution in [0.2, 0.25) is 0 Å². The molecular formula is C16H22FN3O2. The van der Waals surface area contributed by atoms with Gasteiger partial charge in [0, 0.05) is 13.1 Å². The lowest BCUT2D eigenvalue weighted by molar-refractivity contribution is -0.125. The highest BCUT2D eigenvalue weighted by Gasteiger charge is 2.12. The molecule has 1 aromatic carbocycles. The number of hydrogen-bond donors (Lipinski definition) is 2. The van der Waals surface area contributed by atoms with Crippen molar-refractivity contribution in [3.63, 3.8) is 0 Å². The maximum absolute atomic E-state index is 12.8. The van der Waals surface area contributed by atoms with Crippen LogP contribution in [0.3, 0.4) is 0 Å². The van der Waals surface area contributed by atoms with Crippen LogP contribution in [-0.4, -0.2) is 42.9 Å². The van der Waals surface area contributed by atoms with Gasteiger partial charge in [-0.1, -0.05) is 25.1 Å². The van der Waals surface area contributed by atoms with Crippen molar-refractivity contribution in [3.05, 3.63) is 48.3 Å². The summed E-state index contributed by atoms with van der Waals surface area (Å²) in [5.41, 5.74) is 0.821. The summed E-state index contributed by atoms with van der Waals surface area (Å²) in [7, 11) is 0. The summed E-state index contributed by atoms with van der Waals surface area (Å²) in [6, 6.07) is 5.94. The molecule has 0 unspecified atom stereocenters. The molecule has 5 nitrogen and oxygen atoms in total. The summed E-state index contributed by atoms with van der Waals surface area (Å²) in [6.07, 6.45) is 1.60. The van der Waals surface area contributed by atoms with Crippen LogP contribution in [0.15, 0.2) is 36.9 Å². The predicted octanol–water partition coefficient (Wildman–Crippen LogP) is 1.07. The van der Waals surface area contributed by atoms with Crippen molar-refractivity contribution in [3.8, 4) is 0 Å². The highest BCUT2D eigenvalue weighted by atomic mass is 19.1. The zero-order chi connectivity index (χ0) is 16.4. The number of benzene rings is 1. The number of hydrogen-bond acceptors (Lipinski definition) is 3. The number of nitrogens with zero attached hydrogens (tertiary/aromatic N) is 1. The molecule has 0 aliphatic heterocycles. The minimum atomic E-state index is -0.308. The first-order valence-electron chi connectivity index (χ1n) is 7.16. The Bertz CT molecular complexity index is 503. The van der Waals surface area contributed by atoms with Gasteiger partial charge in [-0.05, 0) is 24.2 Å². The summed E-state index contributed by atoms with van der Waals surface area (Å²) in [5.74, 6) is -0.631. The summed E-state index contributed by atoms with van der Waals surface area (Å²) in [6.45, 7) is 7.04. The van der Waals surface area contributed by atoms with Crippen molar-refractivity contribution < 1.29 is 14.0 Å². The van der Waals surface area contributed by atoms with Gasteiger partial charge < -0.3 is 10.6 Å². The maximum Gasteiger partial charge on any atom is 0.234 e. The van der Waals surface area contributed by atoms with Crippen LogP contribution in [-0.2, 0) is 16.1 Å². The highest BCUT2D eigenvalue weighted by molar-refractivity contribution is 5.81. The van der Waals surface area contributed by atoms with Crippen molar-refractivity contribution in [1.29, 1.82) is 0 Å². The van der Waals surface area contributed by atoms with Crippen molar-refractivity contribution in [2.24, 2.45) is 0 Å². The van der Waals surface area contributed by atoms with Gasteiger partial charge in [-0.2, -0.15) is 0 Å². The number of likely N-dealkylation sites (N-methyl/N-ethyl adjacent to an activating group) is 1. The monoisotopic (exact) mass is 307 g/mol. The first-order valence-corrected chi connectivity index (χ1v) is 7.16. The van der Waals surface area contributed by atoms with E-state index >= 15 is 0 Å². The summed E-state index contributed by atoms with van der Waals surface area (Å²) < 4.78 is 12.8. The molecule has 0 aliphatic rings. The minimum absolute atomic E-state index is 0.138. The molecule has 0 saturated heterocycles. The lowest BCUT2D eigenvalue weighted by Crippen LogP contribution is -2.42. The van der Waals surface area contributed by atoms with E-state index in [4.69, 9.17) is 0 Å². The van der Waals surface area contributed by atoms with Crippen LogP contribution >= 0.6 is 0 Å². The van der Waals surface area contributed by atoms with Gasteiger partial charge in [0.25, 0.3) is 0 Å². The van der Waals surface area contributed by atoms with E-state index < -0.39 is 0 Å². The van der Waals surface area contributed by atoms with E-state index in [2.05, 4.69) is 17.2 Å². The smallest absolute Gasteiger partial charge is 0.234 e. The van der Waals surface area contributed by atoms with Crippen LogP contribution in [0, 0.1) is 5.82 Å². The number of carbonyl (C=O) groups is 2. The Balaban J connectivity index is 2.36. The molecule has 0 bridgehead atoms. The van der Waals surface area contributed by atoms with E-state index in [1.807, 2.05) is 6.92 Å². The molecule has 0 radical (unpaired) electrons. The van der Waals surface area contributed by atoms with Crippen LogP contribution in [0.4, 0.5) is 4.39 Å². The number of carbonyl (C=O) groups excluding carboxylic acids is 2. The second-order valence-corrected chi connectivity index (χ2v) is 4.80. The van der Waals surface area contributed by atoms with Crippen molar-refractivity contribution in [2.45, 2.75) is 13.5 Å². The molecule has 0 aliphatic carbocycles. The third kappa shape index (κ3) is 6.99. The molecule has 2 amide bonds. The van der Waals surface area contributed by atoms with Gasteiger partial charge >= 0.3 is 0 Å². The molecule has 2 N–H and O–H groups in total. The average molecular weight is 307 g/mol. The van der Waals surface area contributed by atoms with Crippen molar-refractivity contribution in [1.82, 2.24) is 15.5 Å². The van der Waals surface area contributed by atoms with Crippen LogP contribution in [0.1, 0.15) is 12.5 Å². The highest BCUT2D eigenvalue weighted by Crippen LogP contribution is 2.02. The summed E-state index contributed by atoms with van der Waals surface area (Å²) in [4.78, 5) is 25.2. The fourth-order valence-corrected chi connectivity index (χ4v) is 1.79. The first-order chi connectivity index (χ1) is 10.5. The van der Waals surface area contributed by atoms with E-state index in [9.17, 15) is 14.0 Å². The molecule has 1 rings (SSSR count). The second-order valence-electron chi connectivity index (χ2n) is 4.80. The van der Waals surface area contributed by atoms with Gasteiger partial charge in [-0.25, -0.2) is 4.39 Å². The van der Waals surface area contributed by atoms with Crippen LogP contribution in [0.25, 0.3) is 0 Å². The SMILES string of the molecule is C=CCNC(=O)CN(CC)CC(=O)NCc1ccc(F)cc1. The average Bonchev–Trinajstić information content (AvgIpc) is 2.51. The zero-order valence-electron chi connectivity index (χ0n) is 12.8. The molecule has 22 heavy (non-hydrogen) atoms. The molecule has 6 heteroatoms. The van der Waals surface area contributed by atoms with Crippen LogP contribution < -0.4 is 10.6 Å². The Morgan fingerprint density at radius 2 is 1.77 bits per heavy atom. The van der Waals surface area contributed by atoms with Gasteiger partial charge in [-0.15, -0.1) is 6.58 Å². The molecular weight excluding hydrogens is 285 g/mol. The van der Waals surface area contributed by atoms with Crippen LogP contribution in [0.5, 0.6) is 0 Å². The van der Waals surface area contributed by atoms with Gasteiger partial charge in [0.2, 0.25) is 11.8 Å². The number of amides is 2. The van der Waals surface area contributed by atoms with E-state index in [1.165, 1.54) is 12.1 Å². The lowest BCUT2D eigenvalue weighted by Gasteiger charge is -2.19. The largest absolute Gasteiger partial charge is 0.352 e. The van der Waals surface area contributed by atoms with E-state index in [-0.39, 0.29) is 30.7 Å². The summed E-state index contributed by atoms with van der Waals surface area (Å²) in [5, 5.41) is 5.42. The number of rotatable bonds is 9. The molecule has 120 valence electrons. The van der Waals surface area contributed by atoms with Crippen molar-refractivity contribution >= 4 is 11.8 Å². The molecule has 0 heterocycles. The zero-order valence-corrected chi connectivity index (χ0v) is 12.8. The van der Waals surface area contributed by atoms with Gasteiger partial charge in [0.1, 0.15) is 5.82 Å². The third-order valence-electron chi connectivity index (χ3n) is 3.03. The fourth-order valence-electron chi connectivity index (χ4n) is 1.79. The Kier molecular flexibility index (Phi) is 7.85. The van der Waals surface area contributed by atoms with E-state index in [0.717, 1.165) is 5.56 Å². The molecule has 0 saturated carbocycles. The molecule has 0 atom stereocenters. The second kappa shape index (κ2) is 9.68. The molecule has 0 fully saturated rings. The molecule has 0 spiro atoms. The number of halogens is 1. The number of nitrogens with one attached hydrogen (secondary N) is 2. The minimum Gasteiger partial charge on any atom is -0.352 e. The van der Waals surface area contributed by atoms with Gasteiger partial charge in [-0.3, -0.25) is 14.5 Å². The van der Waals surface area contributed by atoms with E-state index in [1.54, 1.807) is 23.1 Å². The molecule has 0 aromatic heterocycles. The predicted molar refractivity (Wildman–Crippen MR) is 83.6 cm³/mol. The first kappa shape index (κ1) is 17.8. The lowest BCUT2D eigenvalue weighted by atomic mass is 10.2. The fraction of sp³-hybridized carbons (Fsp3) is 0.375. The summed E-state index contributed by atoms with van der Waals surface area (Å²) >= 11 is 0. The Morgan fingerprint density at radius 1 is 1.18 bits per heavy atom. The Hall–Kier alpha value is -2.21. The van der Waals surface area contributed by atoms with E-state index in [0.29, 0.717) is 19.6 Å². The molecule has 1 aromatic rings. The maximum atomic E-state index is 12.8. The Labute approximate surface area is 130 Å². The standard InChI is InChI=1S/C16H22FN3O2/c1-3-9-18-15(21)11-20(4-2)12-16(22)19-10-13-5-7-14(17)8-6-13/h3,5-8H,1,4,9-12H2,2H3,(H,18,21)(H,19,22).